The summed E-state index contributed by atoms with van der Waals surface area (Å²) in [5, 5.41) is 0. The third-order valence-corrected chi connectivity index (χ3v) is 5.86. The monoisotopic (exact) mass is 1450 g/mol. The predicted molar refractivity (Wildman–Crippen MR) is 319 cm³/mol. The SMILES string of the molecule is [CH2+]CC[CH2-].[CH2+]CC[CH2-].[CH2+]CC[CH2-].[CH2+]CC[CH2-].[HH].[HH].[HH].[HH].[Sn].[Sn].[Sn].[Sn].[Sn].[c]1ccccc1.[c]1ccccc1.[c]1ccccc1.[c]1ccccc1.[c]1ccccc1.[c]1ccccc1.[c]1ccccc1.[c]1ccccc1. The summed E-state index contributed by atoms with van der Waals surface area (Å²) in [5.74, 6) is 0. The Balaban J connectivity index is -0.0000000486. The first-order valence-corrected chi connectivity index (χ1v) is 21.3. The summed E-state index contributed by atoms with van der Waals surface area (Å²) in [4.78, 5) is 0. The average molecular weight is 1440 g/mol. The van der Waals surface area contributed by atoms with Gasteiger partial charge in [0.1, 0.15) is 0 Å². The number of benzene rings is 8. The van der Waals surface area contributed by atoms with Crippen LogP contribution in [-0.2, 0) is 0 Å². The number of unbranched alkanes of at least 4 members (excludes halogenated alkanes) is 4. The van der Waals surface area contributed by atoms with Gasteiger partial charge < -0.3 is 27.7 Å². The molecule has 0 saturated heterocycles. The van der Waals surface area contributed by atoms with Gasteiger partial charge in [-0.3, -0.25) is 0 Å². The van der Waals surface area contributed by atoms with Crippen LogP contribution in [0.4, 0.5) is 0 Å². The van der Waals surface area contributed by atoms with Crippen molar-refractivity contribution in [3.63, 3.8) is 0 Å². The van der Waals surface area contributed by atoms with E-state index in [0.717, 1.165) is 51.4 Å². The standard InChI is InChI=1S/8C6H5.4C4H8.5Sn.4H2/c8*1-2-4-6-5-3-1;4*1-3-4-2;;;;;;;;;/h8*1-5H;4*1-4H2;;;;;;4*1H. The van der Waals surface area contributed by atoms with Crippen molar-refractivity contribution in [1.29, 1.82) is 0 Å². The van der Waals surface area contributed by atoms with Crippen molar-refractivity contribution >= 4 is 120 Å². The number of rotatable bonds is 4. The molecule has 69 heavy (non-hydrogen) atoms. The van der Waals surface area contributed by atoms with Crippen molar-refractivity contribution < 1.29 is 5.71 Å². The zero-order valence-corrected chi connectivity index (χ0v) is 55.2. The van der Waals surface area contributed by atoms with Gasteiger partial charge in [0.25, 0.3) is 0 Å². The molecular formula is C64H80Sn5. The quantitative estimate of drug-likeness (QED) is 0.122. The topological polar surface area (TPSA) is 0 Å². The molecule has 8 aromatic rings. The van der Waals surface area contributed by atoms with Gasteiger partial charge in [-0.2, -0.15) is 0 Å². The number of hydrogen-bond donors (Lipinski definition) is 0. The van der Waals surface area contributed by atoms with Gasteiger partial charge in [0.2, 0.25) is 0 Å². The van der Waals surface area contributed by atoms with Gasteiger partial charge in [0, 0.05) is 125 Å². The van der Waals surface area contributed by atoms with Crippen molar-refractivity contribution in [3.8, 4) is 0 Å². The molecule has 0 atom stereocenters. The van der Waals surface area contributed by atoms with E-state index in [4.69, 9.17) is 0 Å². The second kappa shape index (κ2) is 95.0. The van der Waals surface area contributed by atoms with Gasteiger partial charge in [0.05, 0.1) is 53.4 Å². The Hall–Kier alpha value is -2.77. The fourth-order valence-electron chi connectivity index (χ4n) is 2.74. The average Bonchev–Trinajstić information content (AvgIpc) is 3.44. The van der Waals surface area contributed by atoms with Gasteiger partial charge in [-0.25, -0.2) is 0 Å². The maximum atomic E-state index is 3.54. The van der Waals surface area contributed by atoms with E-state index in [9.17, 15) is 0 Å². The molecular weight excluding hydrogens is 1360 g/mol. The molecule has 0 nitrogen and oxygen atoms in total. The van der Waals surface area contributed by atoms with E-state index in [0.29, 0.717) is 0 Å². The minimum Gasteiger partial charge on any atom is -0.339 e. The van der Waals surface area contributed by atoms with Crippen molar-refractivity contribution in [2.75, 3.05) is 0 Å². The Kier molecular flexibility index (Phi) is 118. The Labute approximate surface area is 517 Å². The van der Waals surface area contributed by atoms with E-state index in [1.165, 1.54) is 0 Å². The number of hydrogen-bond acceptors (Lipinski definition) is 0. The molecule has 8 rings (SSSR count). The summed E-state index contributed by atoms with van der Waals surface area (Å²) in [6, 6.07) is 100. The normalized spacial score (nSPS) is 7.25. The summed E-state index contributed by atoms with van der Waals surface area (Å²) in [6.07, 6.45) is 7.67. The van der Waals surface area contributed by atoms with Crippen LogP contribution in [0.1, 0.15) is 57.1 Å². The van der Waals surface area contributed by atoms with E-state index in [2.05, 4.69) is 104 Å². The summed E-state index contributed by atoms with van der Waals surface area (Å²) in [6.45, 7) is 28.3. The van der Waals surface area contributed by atoms with Gasteiger partial charge in [-0.1, -0.05) is 243 Å². The molecule has 0 spiro atoms. The zero-order valence-electron chi connectivity index (χ0n) is 40.9. The molecule has 28 radical (unpaired) electrons. The Morgan fingerprint density at radius 1 is 0.203 bits per heavy atom. The fourth-order valence-corrected chi connectivity index (χ4v) is 2.74. The smallest absolute Gasteiger partial charge is 0.0587 e. The second-order valence-electron chi connectivity index (χ2n) is 11.4. The Bertz CT molecular complexity index is 1110. The van der Waals surface area contributed by atoms with E-state index in [1.54, 1.807) is 0 Å². The van der Waals surface area contributed by atoms with E-state index in [-0.39, 0.29) is 125 Å². The van der Waals surface area contributed by atoms with Gasteiger partial charge in [-0.05, 0) is 48.5 Å². The van der Waals surface area contributed by atoms with Crippen LogP contribution in [0.15, 0.2) is 243 Å². The molecule has 5 heteroatoms. The van der Waals surface area contributed by atoms with Crippen molar-refractivity contribution in [1.82, 2.24) is 0 Å². The maximum Gasteiger partial charge on any atom is 0.0587 e. The molecule has 0 aliphatic heterocycles. The van der Waals surface area contributed by atoms with Crippen LogP contribution < -0.4 is 0 Å². The van der Waals surface area contributed by atoms with Crippen molar-refractivity contribution in [2.45, 2.75) is 51.4 Å². The molecule has 0 N–H and O–H groups in total. The molecule has 8 aromatic carbocycles. The van der Waals surface area contributed by atoms with E-state index in [1.807, 2.05) is 243 Å². The molecule has 356 valence electrons. The van der Waals surface area contributed by atoms with Crippen LogP contribution in [0.5, 0.6) is 0 Å². The molecule has 0 amide bonds. The van der Waals surface area contributed by atoms with Crippen LogP contribution in [0.2, 0.25) is 0 Å². The van der Waals surface area contributed by atoms with Crippen LogP contribution in [0, 0.1) is 104 Å². The molecule has 0 aliphatic rings. The van der Waals surface area contributed by atoms with Crippen molar-refractivity contribution in [3.05, 3.63) is 347 Å². The Morgan fingerprint density at radius 3 is 0.290 bits per heavy atom. The summed E-state index contributed by atoms with van der Waals surface area (Å²) in [7, 11) is 0. The molecule has 0 bridgehead atoms. The Morgan fingerprint density at radius 2 is 0.275 bits per heavy atom. The van der Waals surface area contributed by atoms with Crippen LogP contribution in [-0.4, -0.2) is 120 Å². The van der Waals surface area contributed by atoms with E-state index >= 15 is 0 Å². The first-order chi connectivity index (χ1) is 31.7. The van der Waals surface area contributed by atoms with Gasteiger partial charge in [0.15, 0.2) is 0 Å². The van der Waals surface area contributed by atoms with Crippen molar-refractivity contribution in [2.24, 2.45) is 0 Å². The zero-order chi connectivity index (χ0) is 47.6. The predicted octanol–water partition coefficient (Wildman–Crippen LogP) is 16.7. The van der Waals surface area contributed by atoms with Gasteiger partial charge >= 0.3 is 0 Å². The fraction of sp³-hybridized carbons (Fsp3) is 0.125. The van der Waals surface area contributed by atoms with Crippen LogP contribution in [0.3, 0.4) is 0 Å². The third-order valence-electron chi connectivity index (χ3n) is 5.86. The molecule has 0 heterocycles. The molecule has 0 aromatic heterocycles. The summed E-state index contributed by atoms with van der Waals surface area (Å²) < 4.78 is 0. The molecule has 0 unspecified atom stereocenters. The largest absolute Gasteiger partial charge is 0.339 e. The van der Waals surface area contributed by atoms with E-state index < -0.39 is 0 Å². The minimum absolute atomic E-state index is 0. The molecule has 0 aliphatic carbocycles. The minimum atomic E-state index is 0. The van der Waals surface area contributed by atoms with Crippen LogP contribution in [0.25, 0.3) is 0 Å². The summed E-state index contributed by atoms with van der Waals surface area (Å²) in [5.41, 5.74) is 0. The first-order valence-electron chi connectivity index (χ1n) is 21.3. The molecule has 0 saturated carbocycles. The second-order valence-corrected chi connectivity index (χ2v) is 11.4. The van der Waals surface area contributed by atoms with Gasteiger partial charge in [-0.15, -0.1) is 25.7 Å². The summed E-state index contributed by atoms with van der Waals surface area (Å²) >= 11 is 0. The third kappa shape index (κ3) is 108. The molecule has 0 fully saturated rings. The van der Waals surface area contributed by atoms with Crippen LogP contribution >= 0.6 is 0 Å². The first kappa shape index (κ1) is 86.0. The maximum absolute atomic E-state index is 3.54.